The molecule has 0 spiro atoms. The molecule has 1 heterocycles. The number of ether oxygens (including phenoxy) is 2. The third kappa shape index (κ3) is 5.95. The molecule has 2 N–H and O–H groups in total. The van der Waals surface area contributed by atoms with E-state index in [4.69, 9.17) is 9.47 Å². The van der Waals surface area contributed by atoms with Gasteiger partial charge in [-0.15, -0.1) is 0 Å². The number of aryl methyl sites for hydroxylation is 1. The molecule has 2 rings (SSSR count). The second-order valence-corrected chi connectivity index (χ2v) is 5.80. The Kier molecular flexibility index (Phi) is 7.74. The van der Waals surface area contributed by atoms with Gasteiger partial charge in [-0.05, 0) is 38.0 Å². The van der Waals surface area contributed by atoms with Crippen molar-refractivity contribution >= 4 is 5.96 Å². The Morgan fingerprint density at radius 3 is 2.65 bits per heavy atom. The van der Waals surface area contributed by atoms with E-state index in [1.807, 2.05) is 26.0 Å². The van der Waals surface area contributed by atoms with E-state index < -0.39 is 0 Å². The van der Waals surface area contributed by atoms with Crippen LogP contribution in [-0.2, 0) is 13.1 Å². The van der Waals surface area contributed by atoms with Gasteiger partial charge in [0.25, 0.3) is 0 Å². The summed E-state index contributed by atoms with van der Waals surface area (Å²) < 4.78 is 10.8. The number of nitrogens with zero attached hydrogens (tertiary/aromatic N) is 2. The second-order valence-electron chi connectivity index (χ2n) is 5.80. The van der Waals surface area contributed by atoms with Crippen molar-refractivity contribution in [2.45, 2.75) is 33.9 Å². The van der Waals surface area contributed by atoms with Gasteiger partial charge in [0, 0.05) is 30.9 Å². The number of pyridine rings is 1. The molecule has 0 bridgehead atoms. The van der Waals surface area contributed by atoms with Crippen LogP contribution >= 0.6 is 0 Å². The molecule has 0 saturated carbocycles. The smallest absolute Gasteiger partial charge is 0.212 e. The molecule has 1 aromatic carbocycles. The molecule has 6 heteroatoms. The van der Waals surface area contributed by atoms with E-state index in [0.717, 1.165) is 29.4 Å². The van der Waals surface area contributed by atoms with Crippen LogP contribution in [0.5, 0.6) is 11.6 Å². The number of guanidine groups is 1. The molecule has 0 aliphatic heterocycles. The van der Waals surface area contributed by atoms with Crippen LogP contribution in [0.1, 0.15) is 30.5 Å². The lowest BCUT2D eigenvalue weighted by molar-refractivity contribution is 0.336. The van der Waals surface area contributed by atoms with Crippen LogP contribution in [0, 0.1) is 6.92 Å². The lowest BCUT2D eigenvalue weighted by Crippen LogP contribution is -2.36. The van der Waals surface area contributed by atoms with E-state index in [0.29, 0.717) is 25.6 Å². The highest BCUT2D eigenvalue weighted by Crippen LogP contribution is 2.20. The monoisotopic (exact) mass is 356 g/mol. The summed E-state index contributed by atoms with van der Waals surface area (Å²) in [5.41, 5.74) is 3.31. The fourth-order valence-corrected chi connectivity index (χ4v) is 2.41. The zero-order valence-electron chi connectivity index (χ0n) is 16.0. The van der Waals surface area contributed by atoms with Crippen molar-refractivity contribution in [2.75, 3.05) is 20.3 Å². The number of benzene rings is 1. The van der Waals surface area contributed by atoms with E-state index in [9.17, 15) is 0 Å². The number of hydrogen-bond acceptors (Lipinski definition) is 4. The number of hydrogen-bond donors (Lipinski definition) is 2. The van der Waals surface area contributed by atoms with Crippen molar-refractivity contribution in [3.63, 3.8) is 0 Å². The highest BCUT2D eigenvalue weighted by molar-refractivity contribution is 5.79. The Bertz CT molecular complexity index is 714. The molecule has 0 aliphatic carbocycles. The number of nitrogens with one attached hydrogen (secondary N) is 2. The molecule has 0 fully saturated rings. The Morgan fingerprint density at radius 2 is 2.00 bits per heavy atom. The van der Waals surface area contributed by atoms with Gasteiger partial charge in [-0.1, -0.05) is 18.2 Å². The van der Waals surface area contributed by atoms with E-state index in [-0.39, 0.29) is 0 Å². The summed E-state index contributed by atoms with van der Waals surface area (Å²) in [6.07, 6.45) is 1.78. The van der Waals surface area contributed by atoms with Crippen LogP contribution in [0.4, 0.5) is 0 Å². The first-order chi connectivity index (χ1) is 12.7. The maximum Gasteiger partial charge on any atom is 0.212 e. The predicted octanol–water partition coefficient (Wildman–Crippen LogP) is 3.05. The van der Waals surface area contributed by atoms with Gasteiger partial charge in [-0.2, -0.15) is 0 Å². The van der Waals surface area contributed by atoms with Gasteiger partial charge in [0.2, 0.25) is 5.88 Å². The van der Waals surface area contributed by atoms with E-state index in [1.54, 1.807) is 13.3 Å². The minimum Gasteiger partial charge on any atom is -0.494 e. The second kappa shape index (κ2) is 10.3. The molecule has 26 heavy (non-hydrogen) atoms. The SMILES string of the molecule is CCNC(=NCc1ccc(OC)nc1)NCc1ccc(C)cc1OCC. The molecular weight excluding hydrogens is 328 g/mol. The third-order valence-corrected chi connectivity index (χ3v) is 3.74. The molecule has 2 aromatic rings. The predicted molar refractivity (Wildman–Crippen MR) is 105 cm³/mol. The van der Waals surface area contributed by atoms with E-state index >= 15 is 0 Å². The van der Waals surface area contributed by atoms with E-state index in [1.165, 1.54) is 5.56 Å². The van der Waals surface area contributed by atoms with Gasteiger partial charge >= 0.3 is 0 Å². The first kappa shape index (κ1) is 19.6. The lowest BCUT2D eigenvalue weighted by atomic mass is 10.1. The summed E-state index contributed by atoms with van der Waals surface area (Å²) in [5.74, 6) is 2.27. The quantitative estimate of drug-likeness (QED) is 0.562. The summed E-state index contributed by atoms with van der Waals surface area (Å²) in [4.78, 5) is 8.83. The average molecular weight is 356 g/mol. The van der Waals surface area contributed by atoms with Gasteiger partial charge < -0.3 is 20.1 Å². The molecule has 0 radical (unpaired) electrons. The molecule has 0 unspecified atom stereocenters. The standard InChI is InChI=1S/C20H28N4O2/c1-5-21-20(23-13-16-8-10-19(25-4)22-12-16)24-14-17-9-7-15(3)11-18(17)26-6-2/h7-12H,5-6,13-14H2,1-4H3,(H2,21,23,24). The fraction of sp³-hybridized carbons (Fsp3) is 0.400. The number of methoxy groups -OCH3 is 1. The van der Waals surface area contributed by atoms with Crippen LogP contribution in [-0.4, -0.2) is 31.2 Å². The zero-order valence-corrected chi connectivity index (χ0v) is 16.0. The molecule has 0 saturated heterocycles. The number of rotatable bonds is 8. The number of aromatic nitrogens is 1. The van der Waals surface area contributed by atoms with E-state index in [2.05, 4.69) is 45.7 Å². The molecule has 0 aliphatic rings. The van der Waals surface area contributed by atoms with Crippen molar-refractivity contribution in [2.24, 2.45) is 4.99 Å². The third-order valence-electron chi connectivity index (χ3n) is 3.74. The Balaban J connectivity index is 2.03. The average Bonchev–Trinajstić information content (AvgIpc) is 2.66. The summed E-state index contributed by atoms with van der Waals surface area (Å²) >= 11 is 0. The minimum absolute atomic E-state index is 0.540. The van der Waals surface area contributed by atoms with Crippen molar-refractivity contribution in [1.82, 2.24) is 15.6 Å². The molecular formula is C20H28N4O2. The summed E-state index contributed by atoms with van der Waals surface area (Å²) in [5, 5.41) is 6.62. The molecule has 6 nitrogen and oxygen atoms in total. The van der Waals surface area contributed by atoms with Crippen molar-refractivity contribution < 1.29 is 9.47 Å². The Labute approximate surface area is 155 Å². The van der Waals surface area contributed by atoms with Crippen LogP contribution in [0.2, 0.25) is 0 Å². The summed E-state index contributed by atoms with van der Waals surface area (Å²) in [6.45, 7) is 8.72. The zero-order chi connectivity index (χ0) is 18.8. The molecule has 0 atom stereocenters. The fourth-order valence-electron chi connectivity index (χ4n) is 2.41. The van der Waals surface area contributed by atoms with Gasteiger partial charge in [-0.3, -0.25) is 0 Å². The highest BCUT2D eigenvalue weighted by Gasteiger charge is 2.05. The maximum absolute atomic E-state index is 5.74. The Hall–Kier alpha value is -2.76. The van der Waals surface area contributed by atoms with Crippen molar-refractivity contribution in [3.05, 3.63) is 53.2 Å². The topological polar surface area (TPSA) is 67.8 Å². The van der Waals surface area contributed by atoms with Crippen molar-refractivity contribution in [1.29, 1.82) is 0 Å². The largest absolute Gasteiger partial charge is 0.494 e. The molecule has 0 amide bonds. The van der Waals surface area contributed by atoms with Gasteiger partial charge in [0.15, 0.2) is 5.96 Å². The highest BCUT2D eigenvalue weighted by atomic mass is 16.5. The van der Waals surface area contributed by atoms with Gasteiger partial charge in [0.1, 0.15) is 5.75 Å². The first-order valence-electron chi connectivity index (χ1n) is 8.89. The first-order valence-corrected chi connectivity index (χ1v) is 8.89. The van der Waals surface area contributed by atoms with Crippen LogP contribution < -0.4 is 20.1 Å². The normalized spacial score (nSPS) is 11.2. The van der Waals surface area contributed by atoms with Crippen molar-refractivity contribution in [3.8, 4) is 11.6 Å². The van der Waals surface area contributed by atoms with Gasteiger partial charge in [-0.25, -0.2) is 9.98 Å². The number of aliphatic imine (C=N–C) groups is 1. The Morgan fingerprint density at radius 1 is 1.15 bits per heavy atom. The minimum atomic E-state index is 0.540. The summed E-state index contributed by atoms with van der Waals surface area (Å²) in [7, 11) is 1.61. The maximum atomic E-state index is 5.74. The van der Waals surface area contributed by atoms with Crippen LogP contribution in [0.15, 0.2) is 41.5 Å². The molecule has 1 aromatic heterocycles. The molecule has 140 valence electrons. The van der Waals surface area contributed by atoms with Crippen LogP contribution in [0.25, 0.3) is 0 Å². The summed E-state index contributed by atoms with van der Waals surface area (Å²) in [6, 6.07) is 10.0. The van der Waals surface area contributed by atoms with Gasteiger partial charge in [0.05, 0.1) is 20.3 Å². The lowest BCUT2D eigenvalue weighted by Gasteiger charge is -2.14. The van der Waals surface area contributed by atoms with Crippen LogP contribution in [0.3, 0.4) is 0 Å².